The molecule has 8 heteroatoms. The smallest absolute Gasteiger partial charge is 0.154 e. The van der Waals surface area contributed by atoms with Crippen LogP contribution in [0.15, 0.2) is 52.5 Å². The lowest BCUT2D eigenvalue weighted by molar-refractivity contribution is 0.285. The van der Waals surface area contributed by atoms with Crippen molar-refractivity contribution in [1.82, 2.24) is 9.84 Å². The minimum atomic E-state index is -0.316. The van der Waals surface area contributed by atoms with Gasteiger partial charge in [0.25, 0.3) is 0 Å². The zero-order valence-electron chi connectivity index (χ0n) is 16.7. The summed E-state index contributed by atoms with van der Waals surface area (Å²) in [4.78, 5) is 1.02. The van der Waals surface area contributed by atoms with Crippen LogP contribution in [-0.2, 0) is 6.54 Å². The van der Waals surface area contributed by atoms with Gasteiger partial charge in [0.2, 0.25) is 0 Å². The number of anilines is 1. The Balaban J connectivity index is 1.81. The summed E-state index contributed by atoms with van der Waals surface area (Å²) in [6.45, 7) is 0.129. The SMILES string of the molecule is CNSc1ccc(NC2CCCCC2)c(/C(N)=N/N(N)Cc2ccccc2F)c1. The Hall–Kier alpha value is -2.29. The first-order valence-corrected chi connectivity index (χ1v) is 10.7. The summed E-state index contributed by atoms with van der Waals surface area (Å²) >= 11 is 1.50. The standard InChI is InChI=1S/C21H29FN6S/c1-25-29-17-11-12-20(26-16-8-3-2-4-9-16)18(13-17)21(23)27-28(24)14-15-7-5-6-10-19(15)22/h5-7,10-13,16,25-26H,2-4,8-9,14,24H2,1H3,(H2,23,27). The van der Waals surface area contributed by atoms with Gasteiger partial charge in [0.1, 0.15) is 5.82 Å². The van der Waals surface area contributed by atoms with Crippen LogP contribution < -0.4 is 21.6 Å². The Morgan fingerprint density at radius 3 is 2.69 bits per heavy atom. The van der Waals surface area contributed by atoms with Gasteiger partial charge >= 0.3 is 0 Å². The monoisotopic (exact) mass is 416 g/mol. The zero-order valence-corrected chi connectivity index (χ0v) is 17.5. The van der Waals surface area contributed by atoms with Gasteiger partial charge in [-0.1, -0.05) is 37.5 Å². The van der Waals surface area contributed by atoms with Crippen LogP contribution in [-0.4, -0.2) is 24.0 Å². The van der Waals surface area contributed by atoms with Crippen molar-refractivity contribution in [2.45, 2.75) is 49.6 Å². The lowest BCUT2D eigenvalue weighted by Crippen LogP contribution is -2.30. The Morgan fingerprint density at radius 2 is 1.97 bits per heavy atom. The van der Waals surface area contributed by atoms with Crippen LogP contribution in [0.2, 0.25) is 0 Å². The number of nitrogens with two attached hydrogens (primary N) is 2. The van der Waals surface area contributed by atoms with E-state index in [0.29, 0.717) is 17.4 Å². The van der Waals surface area contributed by atoms with E-state index in [9.17, 15) is 4.39 Å². The van der Waals surface area contributed by atoms with Crippen LogP contribution in [0.4, 0.5) is 10.1 Å². The number of amidine groups is 1. The number of rotatable bonds is 8. The molecular formula is C21H29FN6S. The molecule has 0 unspecified atom stereocenters. The molecule has 0 aliphatic heterocycles. The fourth-order valence-electron chi connectivity index (χ4n) is 3.54. The van der Waals surface area contributed by atoms with E-state index >= 15 is 0 Å². The maximum atomic E-state index is 13.9. The lowest BCUT2D eigenvalue weighted by atomic mass is 9.95. The molecule has 0 saturated heterocycles. The lowest BCUT2D eigenvalue weighted by Gasteiger charge is -2.25. The number of benzene rings is 2. The summed E-state index contributed by atoms with van der Waals surface area (Å²) in [6.07, 6.45) is 6.08. The van der Waals surface area contributed by atoms with E-state index in [-0.39, 0.29) is 12.4 Å². The molecule has 1 aliphatic rings. The van der Waals surface area contributed by atoms with Gasteiger partial charge in [0, 0.05) is 27.8 Å². The third-order valence-corrected chi connectivity index (χ3v) is 5.67. The first kappa shape index (κ1) is 21.4. The van der Waals surface area contributed by atoms with Crippen LogP contribution >= 0.6 is 11.9 Å². The molecule has 6 N–H and O–H groups in total. The van der Waals surface area contributed by atoms with E-state index in [4.69, 9.17) is 11.6 Å². The third kappa shape index (κ3) is 6.09. The van der Waals surface area contributed by atoms with Gasteiger partial charge in [0.05, 0.1) is 6.54 Å². The third-order valence-electron chi connectivity index (χ3n) is 4.98. The van der Waals surface area contributed by atoms with Crippen molar-refractivity contribution in [2.24, 2.45) is 16.7 Å². The van der Waals surface area contributed by atoms with Crippen LogP contribution in [0.3, 0.4) is 0 Å². The highest BCUT2D eigenvalue weighted by Crippen LogP contribution is 2.27. The van der Waals surface area contributed by atoms with Crippen molar-refractivity contribution in [3.8, 4) is 0 Å². The molecule has 2 aromatic rings. The average Bonchev–Trinajstić information content (AvgIpc) is 2.72. The Labute approximate surface area is 176 Å². The second-order valence-electron chi connectivity index (χ2n) is 7.17. The number of hydrogen-bond donors (Lipinski definition) is 4. The summed E-state index contributed by atoms with van der Waals surface area (Å²) in [5.74, 6) is 5.98. The van der Waals surface area contributed by atoms with Gasteiger partial charge in [-0.25, -0.2) is 15.4 Å². The van der Waals surface area contributed by atoms with E-state index in [1.54, 1.807) is 18.2 Å². The molecule has 0 bridgehead atoms. The molecule has 1 saturated carbocycles. The van der Waals surface area contributed by atoms with Crippen molar-refractivity contribution < 1.29 is 4.39 Å². The Bertz CT molecular complexity index is 838. The van der Waals surface area contributed by atoms with E-state index in [0.717, 1.165) is 29.0 Å². The summed E-state index contributed by atoms with van der Waals surface area (Å²) < 4.78 is 17.0. The molecule has 0 spiro atoms. The van der Waals surface area contributed by atoms with E-state index in [1.165, 1.54) is 42.4 Å². The van der Waals surface area contributed by atoms with E-state index in [2.05, 4.69) is 15.1 Å². The van der Waals surface area contributed by atoms with Gasteiger partial charge in [-0.05, 0) is 56.1 Å². The van der Waals surface area contributed by atoms with Crippen molar-refractivity contribution in [3.05, 3.63) is 59.4 Å². The molecule has 0 atom stereocenters. The van der Waals surface area contributed by atoms with Gasteiger partial charge in [-0.3, -0.25) is 4.72 Å². The van der Waals surface area contributed by atoms with Crippen LogP contribution in [0.1, 0.15) is 43.2 Å². The van der Waals surface area contributed by atoms with Crippen LogP contribution in [0, 0.1) is 5.82 Å². The molecule has 0 aromatic heterocycles. The maximum Gasteiger partial charge on any atom is 0.154 e. The maximum absolute atomic E-state index is 13.9. The molecule has 1 fully saturated rings. The summed E-state index contributed by atoms with van der Waals surface area (Å²) in [7, 11) is 1.87. The number of nitrogens with one attached hydrogen (secondary N) is 2. The van der Waals surface area contributed by atoms with Crippen molar-refractivity contribution in [1.29, 1.82) is 0 Å². The highest BCUT2D eigenvalue weighted by molar-refractivity contribution is 7.97. The van der Waals surface area contributed by atoms with Crippen LogP contribution in [0.25, 0.3) is 0 Å². The summed E-state index contributed by atoms with van der Waals surface area (Å²) in [5.41, 5.74) is 8.52. The summed E-state index contributed by atoms with van der Waals surface area (Å²) in [6, 6.07) is 13.0. The predicted molar refractivity (Wildman–Crippen MR) is 119 cm³/mol. The molecule has 0 radical (unpaired) electrons. The molecule has 0 heterocycles. The van der Waals surface area contributed by atoms with Crippen molar-refractivity contribution >= 4 is 23.5 Å². The molecule has 3 rings (SSSR count). The number of hydrazine groups is 1. The second-order valence-corrected chi connectivity index (χ2v) is 8.25. The van der Waals surface area contributed by atoms with Gasteiger partial charge in [0.15, 0.2) is 5.84 Å². The highest BCUT2D eigenvalue weighted by Gasteiger charge is 2.17. The van der Waals surface area contributed by atoms with E-state index < -0.39 is 0 Å². The highest BCUT2D eigenvalue weighted by atomic mass is 32.2. The molecule has 1 aliphatic carbocycles. The van der Waals surface area contributed by atoms with Crippen molar-refractivity contribution in [2.75, 3.05) is 12.4 Å². The Morgan fingerprint density at radius 1 is 1.21 bits per heavy atom. The largest absolute Gasteiger partial charge is 0.382 e. The van der Waals surface area contributed by atoms with Gasteiger partial charge in [-0.2, -0.15) is 0 Å². The predicted octanol–water partition coefficient (Wildman–Crippen LogP) is 3.79. The zero-order chi connectivity index (χ0) is 20.6. The van der Waals surface area contributed by atoms with Crippen molar-refractivity contribution in [3.63, 3.8) is 0 Å². The number of hydrazone groups is 1. The normalized spacial score (nSPS) is 15.3. The first-order valence-electron chi connectivity index (χ1n) is 9.91. The van der Waals surface area contributed by atoms with E-state index in [1.807, 2.05) is 25.2 Å². The Kier molecular flexibility index (Phi) is 7.74. The topological polar surface area (TPSA) is 91.7 Å². The molecule has 2 aromatic carbocycles. The molecule has 156 valence electrons. The number of nitrogens with zero attached hydrogens (tertiary/aromatic N) is 2. The van der Waals surface area contributed by atoms with Crippen LogP contribution in [0.5, 0.6) is 0 Å². The number of hydrogen-bond acceptors (Lipinski definition) is 6. The summed E-state index contributed by atoms with van der Waals surface area (Å²) in [5, 5.41) is 9.11. The quantitative estimate of drug-likeness (QED) is 0.172. The fraction of sp³-hybridized carbons (Fsp3) is 0.381. The molecule has 29 heavy (non-hydrogen) atoms. The second kappa shape index (κ2) is 10.5. The average molecular weight is 417 g/mol. The molecule has 0 amide bonds. The minimum absolute atomic E-state index is 0.129. The molecular weight excluding hydrogens is 387 g/mol. The van der Waals surface area contributed by atoms with Gasteiger partial charge in [-0.15, -0.1) is 5.10 Å². The fourth-order valence-corrected chi connectivity index (χ4v) is 4.09. The minimum Gasteiger partial charge on any atom is -0.382 e. The van der Waals surface area contributed by atoms with Gasteiger partial charge < -0.3 is 11.1 Å². The molecule has 6 nitrogen and oxygen atoms in total. The first-order chi connectivity index (χ1) is 14.1. The number of halogens is 1.